The maximum absolute atomic E-state index is 12.8. The van der Waals surface area contributed by atoms with Gasteiger partial charge in [0, 0.05) is 35.8 Å². The number of ether oxygens (including phenoxy) is 2. The highest BCUT2D eigenvalue weighted by Crippen LogP contribution is 2.22. The van der Waals surface area contributed by atoms with Crippen LogP contribution in [0.1, 0.15) is 23.2 Å². The van der Waals surface area contributed by atoms with Crippen LogP contribution in [0.5, 0.6) is 5.75 Å². The molecule has 0 radical (unpaired) electrons. The van der Waals surface area contributed by atoms with Crippen molar-refractivity contribution in [2.45, 2.75) is 25.5 Å². The zero-order valence-electron chi connectivity index (χ0n) is 16.2. The largest absolute Gasteiger partial charge is 0.485 e. The number of rotatable bonds is 8. The van der Waals surface area contributed by atoms with Crippen LogP contribution in [0.4, 0.5) is 0 Å². The van der Waals surface area contributed by atoms with Gasteiger partial charge in [0.15, 0.2) is 6.61 Å². The molecule has 0 aliphatic carbocycles. The summed E-state index contributed by atoms with van der Waals surface area (Å²) in [5.41, 5.74) is 1.41. The lowest BCUT2D eigenvalue weighted by molar-refractivity contribution is -0.122. The third kappa shape index (κ3) is 4.66. The van der Waals surface area contributed by atoms with E-state index in [-0.39, 0.29) is 30.9 Å². The van der Waals surface area contributed by atoms with Crippen molar-refractivity contribution < 1.29 is 19.1 Å². The number of aromatic nitrogens is 1. The van der Waals surface area contributed by atoms with Gasteiger partial charge in [0.2, 0.25) is 11.7 Å². The number of fused-ring (bicyclic) bond motifs is 1. The zero-order chi connectivity index (χ0) is 20.1. The van der Waals surface area contributed by atoms with Gasteiger partial charge >= 0.3 is 0 Å². The summed E-state index contributed by atoms with van der Waals surface area (Å²) in [6.07, 6.45) is 3.87. The van der Waals surface area contributed by atoms with Gasteiger partial charge in [-0.3, -0.25) is 9.59 Å². The number of nitrogens with one attached hydrogen (secondary N) is 1. The van der Waals surface area contributed by atoms with E-state index >= 15 is 0 Å². The van der Waals surface area contributed by atoms with Crippen molar-refractivity contribution in [3.63, 3.8) is 0 Å². The smallest absolute Gasteiger partial charge is 0.240 e. The normalized spacial score (nSPS) is 16.1. The Labute approximate surface area is 169 Å². The minimum Gasteiger partial charge on any atom is -0.485 e. The first-order valence-electron chi connectivity index (χ1n) is 9.88. The molecular formula is C23H24N2O4. The summed E-state index contributed by atoms with van der Waals surface area (Å²) >= 11 is 0. The lowest BCUT2D eigenvalue weighted by Crippen LogP contribution is -2.34. The summed E-state index contributed by atoms with van der Waals surface area (Å²) in [6, 6.07) is 16.8. The van der Waals surface area contributed by atoms with Crippen LogP contribution in [0.2, 0.25) is 0 Å². The van der Waals surface area contributed by atoms with Crippen molar-refractivity contribution in [1.29, 1.82) is 0 Å². The van der Waals surface area contributed by atoms with E-state index < -0.39 is 0 Å². The fourth-order valence-electron chi connectivity index (χ4n) is 3.59. The number of hydrogen-bond donors (Lipinski definition) is 1. The fourth-order valence-corrected chi connectivity index (χ4v) is 3.59. The van der Waals surface area contributed by atoms with E-state index in [1.165, 1.54) is 0 Å². The molecule has 1 amide bonds. The molecule has 1 N–H and O–H groups in total. The van der Waals surface area contributed by atoms with E-state index in [0.29, 0.717) is 17.9 Å². The Kier molecular flexibility index (Phi) is 5.91. The quantitative estimate of drug-likeness (QED) is 0.598. The molecular weight excluding hydrogens is 368 g/mol. The van der Waals surface area contributed by atoms with Crippen LogP contribution in [0, 0.1) is 0 Å². The lowest BCUT2D eigenvalue weighted by atomic mass is 10.1. The molecule has 1 fully saturated rings. The van der Waals surface area contributed by atoms with Crippen LogP contribution in [0.15, 0.2) is 60.8 Å². The summed E-state index contributed by atoms with van der Waals surface area (Å²) in [5.74, 6) is 0.433. The van der Waals surface area contributed by atoms with E-state index in [9.17, 15) is 9.59 Å². The van der Waals surface area contributed by atoms with Gasteiger partial charge < -0.3 is 19.4 Å². The molecule has 1 aromatic heterocycles. The van der Waals surface area contributed by atoms with Crippen molar-refractivity contribution in [3.8, 4) is 5.75 Å². The number of hydrogen-bond acceptors (Lipinski definition) is 4. The number of Topliss-reactive ketones (excluding diaryl/α,β-unsaturated/α-hetero) is 1. The van der Waals surface area contributed by atoms with Crippen molar-refractivity contribution >= 4 is 22.6 Å². The molecule has 2 aromatic carbocycles. The molecule has 0 saturated carbocycles. The molecule has 3 aromatic rings. The first-order valence-corrected chi connectivity index (χ1v) is 9.88. The Morgan fingerprint density at radius 1 is 1.10 bits per heavy atom. The number of ketones is 1. The van der Waals surface area contributed by atoms with E-state index in [0.717, 1.165) is 30.4 Å². The molecule has 4 rings (SSSR count). The predicted molar refractivity (Wildman–Crippen MR) is 110 cm³/mol. The third-order valence-electron chi connectivity index (χ3n) is 5.07. The van der Waals surface area contributed by atoms with Crippen LogP contribution in [0.3, 0.4) is 0 Å². The molecule has 1 aliphatic heterocycles. The Balaban J connectivity index is 1.45. The molecule has 29 heavy (non-hydrogen) atoms. The second kappa shape index (κ2) is 8.92. The molecule has 6 nitrogen and oxygen atoms in total. The molecule has 0 bridgehead atoms. The summed E-state index contributed by atoms with van der Waals surface area (Å²) < 4.78 is 13.0. The van der Waals surface area contributed by atoms with Crippen LogP contribution in [-0.2, 0) is 16.1 Å². The monoisotopic (exact) mass is 392 g/mol. The van der Waals surface area contributed by atoms with Crippen LogP contribution in [0.25, 0.3) is 10.9 Å². The fraction of sp³-hybridized carbons (Fsp3) is 0.304. The van der Waals surface area contributed by atoms with Gasteiger partial charge in [0.25, 0.3) is 0 Å². The SMILES string of the molecule is O=C(Cn1cc(C(=O)COc2ccccc2)c2ccccc21)NC[C@@H]1CCCO1. The van der Waals surface area contributed by atoms with Gasteiger partial charge in [-0.2, -0.15) is 0 Å². The van der Waals surface area contributed by atoms with Crippen LogP contribution >= 0.6 is 0 Å². The van der Waals surface area contributed by atoms with Gasteiger partial charge in [-0.05, 0) is 31.0 Å². The molecule has 6 heteroatoms. The average Bonchev–Trinajstić information content (AvgIpc) is 3.40. The summed E-state index contributed by atoms with van der Waals surface area (Å²) in [5, 5.41) is 3.75. The Morgan fingerprint density at radius 2 is 1.90 bits per heavy atom. The molecule has 1 atom stereocenters. The topological polar surface area (TPSA) is 69.6 Å². The maximum atomic E-state index is 12.8. The number of nitrogens with zero attached hydrogens (tertiary/aromatic N) is 1. The third-order valence-corrected chi connectivity index (χ3v) is 5.07. The molecule has 150 valence electrons. The number of amides is 1. The van der Waals surface area contributed by atoms with Gasteiger partial charge in [-0.25, -0.2) is 0 Å². The number of para-hydroxylation sites is 2. The van der Waals surface area contributed by atoms with E-state index in [2.05, 4.69) is 5.32 Å². The van der Waals surface area contributed by atoms with Gasteiger partial charge in [-0.15, -0.1) is 0 Å². The summed E-state index contributed by atoms with van der Waals surface area (Å²) in [6.45, 7) is 1.39. The molecule has 2 heterocycles. The standard InChI is InChI=1S/C23H24N2O4/c26-22(16-29-17-7-2-1-3-8-17)20-14-25(21-11-5-4-10-19(20)21)15-23(27)24-13-18-9-6-12-28-18/h1-5,7-8,10-11,14,18H,6,9,12-13,15-16H2,(H,24,27)/t18-/m0/s1. The second-order valence-corrected chi connectivity index (χ2v) is 7.15. The van der Waals surface area contributed by atoms with E-state index in [1.807, 2.05) is 59.2 Å². The Morgan fingerprint density at radius 3 is 2.69 bits per heavy atom. The van der Waals surface area contributed by atoms with E-state index in [4.69, 9.17) is 9.47 Å². The maximum Gasteiger partial charge on any atom is 0.240 e. The van der Waals surface area contributed by atoms with Crippen molar-refractivity contribution in [3.05, 3.63) is 66.4 Å². The second-order valence-electron chi connectivity index (χ2n) is 7.15. The molecule has 1 aliphatic rings. The Bertz CT molecular complexity index is 991. The molecule has 0 unspecified atom stereocenters. The highest BCUT2D eigenvalue weighted by atomic mass is 16.5. The first-order chi connectivity index (χ1) is 14.2. The minimum absolute atomic E-state index is 0.0523. The zero-order valence-corrected chi connectivity index (χ0v) is 16.2. The van der Waals surface area contributed by atoms with Crippen molar-refractivity contribution in [2.75, 3.05) is 19.8 Å². The lowest BCUT2D eigenvalue weighted by Gasteiger charge is -2.11. The minimum atomic E-state index is -0.122. The van der Waals surface area contributed by atoms with Crippen molar-refractivity contribution in [1.82, 2.24) is 9.88 Å². The number of carbonyl (C=O) groups excluding carboxylic acids is 2. The Hall–Kier alpha value is -3.12. The van der Waals surface area contributed by atoms with Gasteiger partial charge in [0.05, 0.1) is 6.10 Å². The van der Waals surface area contributed by atoms with Crippen molar-refractivity contribution in [2.24, 2.45) is 0 Å². The highest BCUT2D eigenvalue weighted by molar-refractivity contribution is 6.09. The number of benzene rings is 2. The van der Waals surface area contributed by atoms with Crippen LogP contribution < -0.4 is 10.1 Å². The summed E-state index contributed by atoms with van der Waals surface area (Å²) in [7, 11) is 0. The van der Waals surface area contributed by atoms with Gasteiger partial charge in [0.1, 0.15) is 12.3 Å². The number of carbonyl (C=O) groups is 2. The highest BCUT2D eigenvalue weighted by Gasteiger charge is 2.19. The average molecular weight is 392 g/mol. The molecule has 1 saturated heterocycles. The van der Waals surface area contributed by atoms with Crippen LogP contribution in [-0.4, -0.2) is 42.1 Å². The molecule has 0 spiro atoms. The first kappa shape index (κ1) is 19.2. The summed E-state index contributed by atoms with van der Waals surface area (Å²) in [4.78, 5) is 25.2. The predicted octanol–water partition coefficient (Wildman–Crippen LogP) is 3.20. The van der Waals surface area contributed by atoms with Gasteiger partial charge in [-0.1, -0.05) is 36.4 Å². The van der Waals surface area contributed by atoms with E-state index in [1.54, 1.807) is 6.20 Å².